The standard InChI is InChI=1S/C14H28N2O5.C2H6/c1-18-8-9-19-7-6-16-14(17)12-20-10-11-21-13-2-4-15-5-3-13;1-2/h13,15H,2-12H2,1H3,(H,16,17);1-2H3. The molecule has 0 aromatic heterocycles. The van der Waals surface area contributed by atoms with Crippen LogP contribution in [0, 0.1) is 0 Å². The summed E-state index contributed by atoms with van der Waals surface area (Å²) in [7, 11) is 1.62. The molecule has 0 aromatic rings. The van der Waals surface area contributed by atoms with Gasteiger partial charge in [-0.05, 0) is 25.9 Å². The summed E-state index contributed by atoms with van der Waals surface area (Å²) in [6.45, 7) is 9.14. The van der Waals surface area contributed by atoms with Crippen LogP contribution >= 0.6 is 0 Å². The van der Waals surface area contributed by atoms with Crippen LogP contribution in [0.15, 0.2) is 0 Å². The molecule has 23 heavy (non-hydrogen) atoms. The van der Waals surface area contributed by atoms with Crippen molar-refractivity contribution in [2.24, 2.45) is 0 Å². The number of rotatable bonds is 12. The first-order valence-electron chi connectivity index (χ1n) is 8.56. The molecule has 7 heteroatoms. The van der Waals surface area contributed by atoms with Crippen molar-refractivity contribution in [2.45, 2.75) is 32.8 Å². The molecule has 1 fully saturated rings. The number of nitrogens with one attached hydrogen (secondary N) is 2. The Labute approximate surface area is 140 Å². The molecule has 0 saturated carbocycles. The lowest BCUT2D eigenvalue weighted by atomic mass is 10.1. The summed E-state index contributed by atoms with van der Waals surface area (Å²) in [5, 5.41) is 6.01. The molecule has 1 saturated heterocycles. The lowest BCUT2D eigenvalue weighted by Crippen LogP contribution is -2.33. The van der Waals surface area contributed by atoms with Gasteiger partial charge in [-0.15, -0.1) is 0 Å². The van der Waals surface area contributed by atoms with Crippen LogP contribution in [0.25, 0.3) is 0 Å². The lowest BCUT2D eigenvalue weighted by Gasteiger charge is -2.22. The first-order chi connectivity index (χ1) is 11.3. The Kier molecular flexibility index (Phi) is 17.1. The van der Waals surface area contributed by atoms with Crippen molar-refractivity contribution in [1.29, 1.82) is 0 Å². The van der Waals surface area contributed by atoms with Crippen LogP contribution in [0.3, 0.4) is 0 Å². The highest BCUT2D eigenvalue weighted by atomic mass is 16.5. The van der Waals surface area contributed by atoms with Gasteiger partial charge in [0, 0.05) is 13.7 Å². The Morgan fingerprint density at radius 3 is 2.43 bits per heavy atom. The van der Waals surface area contributed by atoms with Gasteiger partial charge in [-0.3, -0.25) is 4.79 Å². The molecule has 0 radical (unpaired) electrons. The molecule has 7 nitrogen and oxygen atoms in total. The molecule has 1 aliphatic heterocycles. The van der Waals surface area contributed by atoms with Crippen LogP contribution in [0.2, 0.25) is 0 Å². The van der Waals surface area contributed by atoms with E-state index in [9.17, 15) is 4.79 Å². The van der Waals surface area contributed by atoms with Crippen LogP contribution in [0.5, 0.6) is 0 Å². The van der Waals surface area contributed by atoms with Gasteiger partial charge in [-0.25, -0.2) is 0 Å². The number of carbonyl (C=O) groups excluding carboxylic acids is 1. The maximum atomic E-state index is 11.4. The van der Waals surface area contributed by atoms with Crippen LogP contribution in [0.1, 0.15) is 26.7 Å². The third-order valence-corrected chi connectivity index (χ3v) is 3.10. The smallest absolute Gasteiger partial charge is 0.246 e. The van der Waals surface area contributed by atoms with Crippen molar-refractivity contribution in [3.63, 3.8) is 0 Å². The number of piperidine rings is 1. The SMILES string of the molecule is CC.COCCOCCNC(=O)COCCOC1CCNCC1. The third kappa shape index (κ3) is 14.6. The highest BCUT2D eigenvalue weighted by Crippen LogP contribution is 2.06. The molecule has 2 N–H and O–H groups in total. The minimum absolute atomic E-state index is 0.0631. The van der Waals surface area contributed by atoms with E-state index in [1.54, 1.807) is 7.11 Å². The molecule has 0 spiro atoms. The van der Waals surface area contributed by atoms with E-state index < -0.39 is 0 Å². The highest BCUT2D eigenvalue weighted by Gasteiger charge is 2.12. The van der Waals surface area contributed by atoms with Crippen molar-refractivity contribution < 1.29 is 23.7 Å². The number of amides is 1. The number of methoxy groups -OCH3 is 1. The zero-order chi connectivity index (χ0) is 17.2. The van der Waals surface area contributed by atoms with Gasteiger partial charge >= 0.3 is 0 Å². The van der Waals surface area contributed by atoms with E-state index >= 15 is 0 Å². The van der Waals surface area contributed by atoms with Crippen molar-refractivity contribution in [3.05, 3.63) is 0 Å². The van der Waals surface area contributed by atoms with E-state index in [-0.39, 0.29) is 12.5 Å². The molecule has 1 amide bonds. The van der Waals surface area contributed by atoms with Crippen molar-refractivity contribution in [3.8, 4) is 0 Å². The van der Waals surface area contributed by atoms with Crippen molar-refractivity contribution >= 4 is 5.91 Å². The molecular weight excluding hydrogens is 300 g/mol. The molecule has 0 aromatic carbocycles. The first-order valence-corrected chi connectivity index (χ1v) is 8.56. The molecule has 0 bridgehead atoms. The van der Waals surface area contributed by atoms with Gasteiger partial charge in [0.05, 0.1) is 39.1 Å². The molecule has 1 heterocycles. The van der Waals surface area contributed by atoms with Crippen molar-refractivity contribution in [2.75, 3.05) is 66.4 Å². The van der Waals surface area contributed by atoms with E-state index in [1.165, 1.54) is 0 Å². The average molecular weight is 334 g/mol. The predicted molar refractivity (Wildman–Crippen MR) is 89.7 cm³/mol. The van der Waals surface area contributed by atoms with Gasteiger partial charge in [-0.2, -0.15) is 0 Å². The number of hydrogen-bond donors (Lipinski definition) is 2. The largest absolute Gasteiger partial charge is 0.382 e. The van der Waals surface area contributed by atoms with Crippen molar-refractivity contribution in [1.82, 2.24) is 10.6 Å². The highest BCUT2D eigenvalue weighted by molar-refractivity contribution is 5.77. The fourth-order valence-electron chi connectivity index (χ4n) is 1.96. The second-order valence-corrected chi connectivity index (χ2v) is 4.83. The molecular formula is C16H34N2O5. The van der Waals surface area contributed by atoms with Crippen LogP contribution in [-0.2, 0) is 23.7 Å². The summed E-state index contributed by atoms with van der Waals surface area (Å²) in [5.74, 6) is -0.132. The van der Waals surface area contributed by atoms with E-state index in [1.807, 2.05) is 13.8 Å². The van der Waals surface area contributed by atoms with Gasteiger partial charge in [-0.1, -0.05) is 13.8 Å². The quantitative estimate of drug-likeness (QED) is 0.508. The summed E-state index contributed by atoms with van der Waals surface area (Å²) < 4.78 is 21.0. The summed E-state index contributed by atoms with van der Waals surface area (Å²) in [6, 6.07) is 0. The zero-order valence-electron chi connectivity index (χ0n) is 14.9. The summed E-state index contributed by atoms with van der Waals surface area (Å²) in [4.78, 5) is 11.4. The Bertz CT molecular complexity index is 261. The van der Waals surface area contributed by atoms with E-state index in [0.717, 1.165) is 25.9 Å². The average Bonchev–Trinajstić information content (AvgIpc) is 2.60. The normalized spacial score (nSPS) is 14.9. The molecule has 0 unspecified atom stereocenters. The Morgan fingerprint density at radius 2 is 1.74 bits per heavy atom. The Morgan fingerprint density at radius 1 is 1.04 bits per heavy atom. The molecule has 138 valence electrons. The number of ether oxygens (including phenoxy) is 4. The minimum atomic E-state index is -0.132. The fourth-order valence-corrected chi connectivity index (χ4v) is 1.96. The van der Waals surface area contributed by atoms with Gasteiger partial charge < -0.3 is 29.6 Å². The minimum Gasteiger partial charge on any atom is -0.382 e. The Balaban J connectivity index is 0.00000232. The summed E-state index contributed by atoms with van der Waals surface area (Å²) in [6.07, 6.45) is 2.42. The lowest BCUT2D eigenvalue weighted by molar-refractivity contribution is -0.126. The summed E-state index contributed by atoms with van der Waals surface area (Å²) in [5.41, 5.74) is 0. The first kappa shape index (κ1) is 22.3. The van der Waals surface area contributed by atoms with Crippen LogP contribution < -0.4 is 10.6 Å². The van der Waals surface area contributed by atoms with Gasteiger partial charge in [0.15, 0.2) is 0 Å². The molecule has 0 atom stereocenters. The van der Waals surface area contributed by atoms with Crippen LogP contribution in [0.4, 0.5) is 0 Å². The van der Waals surface area contributed by atoms with Crippen LogP contribution in [-0.4, -0.2) is 78.4 Å². The summed E-state index contributed by atoms with van der Waals surface area (Å²) >= 11 is 0. The van der Waals surface area contributed by atoms with Gasteiger partial charge in [0.1, 0.15) is 6.61 Å². The molecule has 1 aliphatic rings. The maximum Gasteiger partial charge on any atom is 0.246 e. The molecule has 1 rings (SSSR count). The van der Waals surface area contributed by atoms with Gasteiger partial charge in [0.25, 0.3) is 0 Å². The number of hydrogen-bond acceptors (Lipinski definition) is 6. The van der Waals surface area contributed by atoms with E-state index in [2.05, 4.69) is 10.6 Å². The maximum absolute atomic E-state index is 11.4. The number of carbonyl (C=O) groups is 1. The second kappa shape index (κ2) is 17.6. The Hall–Kier alpha value is -0.730. The van der Waals surface area contributed by atoms with E-state index in [4.69, 9.17) is 18.9 Å². The fraction of sp³-hybridized carbons (Fsp3) is 0.938. The predicted octanol–water partition coefficient (Wildman–Crippen LogP) is 0.577. The topological polar surface area (TPSA) is 78.1 Å². The monoisotopic (exact) mass is 334 g/mol. The third-order valence-electron chi connectivity index (χ3n) is 3.10. The van der Waals surface area contributed by atoms with Gasteiger partial charge in [0.2, 0.25) is 5.91 Å². The zero-order valence-corrected chi connectivity index (χ0v) is 14.9. The molecule has 0 aliphatic carbocycles. The second-order valence-electron chi connectivity index (χ2n) is 4.83. The van der Waals surface area contributed by atoms with E-state index in [0.29, 0.717) is 45.7 Å².